The van der Waals surface area contributed by atoms with Gasteiger partial charge >= 0.3 is 0 Å². The molecule has 0 saturated carbocycles. The average Bonchev–Trinajstić information content (AvgIpc) is 2.96. The SMILES string of the molecule is C(=Cc1c[nH]c2ccccc12)c1ccns1. The molecule has 3 aromatic rings. The molecule has 0 unspecified atom stereocenters. The van der Waals surface area contributed by atoms with Crippen LogP contribution in [-0.2, 0) is 0 Å². The highest BCUT2D eigenvalue weighted by atomic mass is 32.1. The molecule has 2 heterocycles. The van der Waals surface area contributed by atoms with Gasteiger partial charge in [0, 0.05) is 28.2 Å². The van der Waals surface area contributed by atoms with Crippen molar-refractivity contribution in [3.63, 3.8) is 0 Å². The molecule has 0 spiro atoms. The number of rotatable bonds is 2. The number of fused-ring (bicyclic) bond motifs is 1. The van der Waals surface area contributed by atoms with Gasteiger partial charge < -0.3 is 4.98 Å². The van der Waals surface area contributed by atoms with E-state index in [0.29, 0.717) is 0 Å². The third-order valence-electron chi connectivity index (χ3n) is 2.51. The Morgan fingerprint density at radius 2 is 2.06 bits per heavy atom. The van der Waals surface area contributed by atoms with Crippen LogP contribution in [-0.4, -0.2) is 9.36 Å². The molecule has 2 aromatic heterocycles. The van der Waals surface area contributed by atoms with Crippen LogP contribution in [0.25, 0.3) is 23.1 Å². The molecule has 0 amide bonds. The Labute approximate surface area is 97.4 Å². The van der Waals surface area contributed by atoms with Gasteiger partial charge in [-0.1, -0.05) is 24.3 Å². The average molecular weight is 226 g/mol. The molecule has 0 radical (unpaired) electrons. The maximum atomic E-state index is 4.07. The van der Waals surface area contributed by atoms with Crippen LogP contribution in [0, 0.1) is 0 Å². The topological polar surface area (TPSA) is 28.7 Å². The fourth-order valence-corrected chi connectivity index (χ4v) is 2.21. The number of nitrogens with one attached hydrogen (secondary N) is 1. The summed E-state index contributed by atoms with van der Waals surface area (Å²) in [6.07, 6.45) is 8.06. The van der Waals surface area contributed by atoms with E-state index in [0.717, 1.165) is 0 Å². The van der Waals surface area contributed by atoms with Crippen LogP contribution in [0.2, 0.25) is 0 Å². The molecule has 3 heteroatoms. The van der Waals surface area contributed by atoms with Gasteiger partial charge in [-0.3, -0.25) is 0 Å². The van der Waals surface area contributed by atoms with Crippen LogP contribution in [0.15, 0.2) is 42.7 Å². The predicted molar refractivity (Wildman–Crippen MR) is 69.3 cm³/mol. The lowest BCUT2D eigenvalue weighted by molar-refractivity contribution is 1.47. The van der Waals surface area contributed by atoms with E-state index < -0.39 is 0 Å². The number of aromatic amines is 1. The minimum Gasteiger partial charge on any atom is -0.361 e. The lowest BCUT2D eigenvalue weighted by Gasteiger charge is -1.90. The number of benzene rings is 1. The van der Waals surface area contributed by atoms with Crippen molar-refractivity contribution in [1.29, 1.82) is 0 Å². The molecule has 16 heavy (non-hydrogen) atoms. The molecule has 0 bridgehead atoms. The summed E-state index contributed by atoms with van der Waals surface area (Å²) in [7, 11) is 0. The van der Waals surface area contributed by atoms with Gasteiger partial charge in [0.15, 0.2) is 0 Å². The maximum Gasteiger partial charge on any atom is 0.0477 e. The number of aromatic nitrogens is 2. The molecule has 0 aliphatic rings. The van der Waals surface area contributed by atoms with E-state index >= 15 is 0 Å². The van der Waals surface area contributed by atoms with Crippen molar-refractivity contribution < 1.29 is 0 Å². The Bertz CT molecular complexity index is 620. The van der Waals surface area contributed by atoms with Gasteiger partial charge in [0.2, 0.25) is 0 Å². The Morgan fingerprint density at radius 1 is 1.12 bits per heavy atom. The van der Waals surface area contributed by atoms with E-state index in [1.807, 2.05) is 24.5 Å². The second-order valence-corrected chi connectivity index (χ2v) is 4.40. The van der Waals surface area contributed by atoms with E-state index in [4.69, 9.17) is 0 Å². The third-order valence-corrected chi connectivity index (χ3v) is 3.22. The smallest absolute Gasteiger partial charge is 0.0477 e. The third kappa shape index (κ3) is 1.66. The van der Waals surface area contributed by atoms with Crippen molar-refractivity contribution in [2.24, 2.45) is 0 Å². The first-order valence-electron chi connectivity index (χ1n) is 5.08. The lowest BCUT2D eigenvalue weighted by Crippen LogP contribution is -1.67. The maximum absolute atomic E-state index is 4.07. The first-order valence-corrected chi connectivity index (χ1v) is 5.86. The van der Waals surface area contributed by atoms with Gasteiger partial charge in [-0.05, 0) is 35.3 Å². The Balaban J connectivity index is 2.01. The number of hydrogen-bond donors (Lipinski definition) is 1. The van der Waals surface area contributed by atoms with Crippen LogP contribution in [0.1, 0.15) is 10.4 Å². The van der Waals surface area contributed by atoms with E-state index in [1.165, 1.54) is 32.9 Å². The molecule has 1 N–H and O–H groups in total. The second kappa shape index (κ2) is 3.94. The van der Waals surface area contributed by atoms with Gasteiger partial charge in [0.05, 0.1) is 0 Å². The summed E-state index contributed by atoms with van der Waals surface area (Å²) >= 11 is 1.50. The highest BCUT2D eigenvalue weighted by molar-refractivity contribution is 7.06. The monoisotopic (exact) mass is 226 g/mol. The summed E-state index contributed by atoms with van der Waals surface area (Å²) in [5, 5.41) is 1.25. The molecule has 0 atom stereocenters. The zero-order valence-electron chi connectivity index (χ0n) is 8.55. The number of hydrogen-bond acceptors (Lipinski definition) is 2. The standard InChI is InChI=1S/C13H10N2S/c1-2-4-13-12(3-1)10(9-14-13)5-6-11-7-8-15-16-11/h1-9,14H. The van der Waals surface area contributed by atoms with E-state index in [-0.39, 0.29) is 0 Å². The van der Waals surface area contributed by atoms with Crippen molar-refractivity contribution >= 4 is 34.6 Å². The van der Waals surface area contributed by atoms with Crippen LogP contribution in [0.4, 0.5) is 0 Å². The van der Waals surface area contributed by atoms with Gasteiger partial charge in [-0.25, -0.2) is 4.37 Å². The number of H-pyrrole nitrogens is 1. The lowest BCUT2D eigenvalue weighted by atomic mass is 10.1. The summed E-state index contributed by atoms with van der Waals surface area (Å²) in [5.41, 5.74) is 2.38. The van der Waals surface area contributed by atoms with E-state index in [1.54, 1.807) is 0 Å². The number of nitrogens with zero attached hydrogens (tertiary/aromatic N) is 1. The van der Waals surface area contributed by atoms with Crippen molar-refractivity contribution in [1.82, 2.24) is 9.36 Å². The van der Waals surface area contributed by atoms with Crippen LogP contribution in [0.3, 0.4) is 0 Å². The van der Waals surface area contributed by atoms with E-state index in [9.17, 15) is 0 Å². The Hall–Kier alpha value is -1.87. The second-order valence-electron chi connectivity index (χ2n) is 3.54. The molecule has 0 fully saturated rings. The summed E-state index contributed by atoms with van der Waals surface area (Å²) in [6.45, 7) is 0. The fourth-order valence-electron chi connectivity index (χ4n) is 1.72. The predicted octanol–water partition coefficient (Wildman–Crippen LogP) is 3.79. The van der Waals surface area contributed by atoms with E-state index in [2.05, 4.69) is 39.7 Å². The quantitative estimate of drug-likeness (QED) is 0.707. The van der Waals surface area contributed by atoms with Crippen molar-refractivity contribution in [3.8, 4) is 0 Å². The van der Waals surface area contributed by atoms with Crippen LogP contribution < -0.4 is 0 Å². The zero-order valence-corrected chi connectivity index (χ0v) is 9.37. The summed E-state index contributed by atoms with van der Waals surface area (Å²) in [6, 6.07) is 10.3. The first-order chi connectivity index (χ1) is 7.93. The van der Waals surface area contributed by atoms with Crippen molar-refractivity contribution in [3.05, 3.63) is 53.2 Å². The van der Waals surface area contributed by atoms with Gasteiger partial charge in [-0.15, -0.1) is 0 Å². The van der Waals surface area contributed by atoms with Crippen molar-refractivity contribution in [2.45, 2.75) is 0 Å². The molecule has 0 aliphatic carbocycles. The molecule has 2 nitrogen and oxygen atoms in total. The Morgan fingerprint density at radius 3 is 2.94 bits per heavy atom. The number of para-hydroxylation sites is 1. The zero-order chi connectivity index (χ0) is 10.8. The van der Waals surface area contributed by atoms with Gasteiger partial charge in [0.25, 0.3) is 0 Å². The highest BCUT2D eigenvalue weighted by Gasteiger charge is 1.98. The van der Waals surface area contributed by atoms with Gasteiger partial charge in [-0.2, -0.15) is 0 Å². The summed E-state index contributed by atoms with van der Waals surface area (Å²) in [5.74, 6) is 0. The minimum absolute atomic E-state index is 1.17. The minimum atomic E-state index is 1.17. The molecular formula is C13H10N2S. The summed E-state index contributed by atoms with van der Waals surface area (Å²) < 4.78 is 4.07. The van der Waals surface area contributed by atoms with Crippen LogP contribution in [0.5, 0.6) is 0 Å². The molecule has 1 aromatic carbocycles. The molecule has 0 aliphatic heterocycles. The van der Waals surface area contributed by atoms with Crippen LogP contribution >= 0.6 is 11.5 Å². The molecule has 78 valence electrons. The Kier molecular flexibility index (Phi) is 2.31. The normalized spacial score (nSPS) is 11.5. The molecule has 0 saturated heterocycles. The highest BCUT2D eigenvalue weighted by Crippen LogP contribution is 2.20. The van der Waals surface area contributed by atoms with Gasteiger partial charge in [0.1, 0.15) is 0 Å². The van der Waals surface area contributed by atoms with Crippen molar-refractivity contribution in [2.75, 3.05) is 0 Å². The molecule has 3 rings (SSSR count). The fraction of sp³-hybridized carbons (Fsp3) is 0. The molecular weight excluding hydrogens is 216 g/mol. The first kappa shape index (κ1) is 9.36. The summed E-state index contributed by atoms with van der Waals surface area (Å²) in [4.78, 5) is 4.43. The largest absolute Gasteiger partial charge is 0.361 e.